The molecule has 3 N–H and O–H groups in total. The van der Waals surface area contributed by atoms with Crippen LogP contribution in [-0.4, -0.2) is 27.7 Å². The summed E-state index contributed by atoms with van der Waals surface area (Å²) in [5.74, 6) is -1.85. The number of aromatic nitrogens is 1. The summed E-state index contributed by atoms with van der Waals surface area (Å²) in [6, 6.07) is 6.93. The molecule has 2 amide bonds. The van der Waals surface area contributed by atoms with Crippen molar-refractivity contribution in [1.82, 2.24) is 9.88 Å². The van der Waals surface area contributed by atoms with Gasteiger partial charge in [-0.05, 0) is 44.4 Å². The van der Waals surface area contributed by atoms with E-state index in [2.05, 4.69) is 10.6 Å². The highest BCUT2D eigenvalue weighted by Crippen LogP contribution is 2.26. The monoisotopic (exact) mass is 387 g/mol. The van der Waals surface area contributed by atoms with Crippen LogP contribution in [0.5, 0.6) is 0 Å². The van der Waals surface area contributed by atoms with Crippen LogP contribution in [0.3, 0.4) is 0 Å². The number of carbonyl (C=O) groups is 2. The second-order valence-electron chi connectivity index (χ2n) is 7.03. The lowest BCUT2D eigenvalue weighted by atomic mass is 10.1. The molecule has 1 saturated carbocycles. The first-order valence-corrected chi connectivity index (χ1v) is 9.09. The SMILES string of the molecule is Cc1cccn(Cc2c(F)cccc2NC(=O)N[C@@H]2CC[C@H](C(=O)O)C2)c1=O. The number of rotatable bonds is 5. The van der Waals surface area contributed by atoms with Gasteiger partial charge in [0.2, 0.25) is 0 Å². The van der Waals surface area contributed by atoms with Gasteiger partial charge in [-0.3, -0.25) is 9.59 Å². The minimum atomic E-state index is -0.860. The number of hydrogen-bond donors (Lipinski definition) is 3. The van der Waals surface area contributed by atoms with E-state index in [-0.39, 0.29) is 29.4 Å². The summed E-state index contributed by atoms with van der Waals surface area (Å²) >= 11 is 0. The van der Waals surface area contributed by atoms with Crippen molar-refractivity contribution in [3.05, 3.63) is 63.8 Å². The van der Waals surface area contributed by atoms with Crippen LogP contribution in [0.25, 0.3) is 0 Å². The van der Waals surface area contributed by atoms with Gasteiger partial charge in [0.1, 0.15) is 5.82 Å². The molecule has 1 aromatic carbocycles. The Balaban J connectivity index is 1.73. The van der Waals surface area contributed by atoms with Crippen LogP contribution >= 0.6 is 0 Å². The van der Waals surface area contributed by atoms with Gasteiger partial charge >= 0.3 is 12.0 Å². The van der Waals surface area contributed by atoms with Crippen molar-refractivity contribution in [3.8, 4) is 0 Å². The van der Waals surface area contributed by atoms with Crippen LogP contribution in [0.1, 0.15) is 30.4 Å². The van der Waals surface area contributed by atoms with Crippen molar-refractivity contribution in [2.45, 2.75) is 38.8 Å². The molecule has 2 atom stereocenters. The average Bonchev–Trinajstić information content (AvgIpc) is 3.10. The smallest absolute Gasteiger partial charge is 0.319 e. The van der Waals surface area contributed by atoms with E-state index < -0.39 is 23.7 Å². The number of carboxylic acid groups (broad SMARTS) is 1. The molecule has 1 fully saturated rings. The summed E-state index contributed by atoms with van der Waals surface area (Å²) in [6.07, 6.45) is 3.04. The van der Waals surface area contributed by atoms with Gasteiger partial charge in [-0.1, -0.05) is 12.1 Å². The number of aliphatic carboxylic acids is 1. The molecule has 1 aliphatic carbocycles. The highest BCUT2D eigenvalue weighted by atomic mass is 19.1. The Morgan fingerprint density at radius 3 is 2.75 bits per heavy atom. The highest BCUT2D eigenvalue weighted by Gasteiger charge is 2.30. The van der Waals surface area contributed by atoms with Crippen LogP contribution in [-0.2, 0) is 11.3 Å². The zero-order valence-corrected chi connectivity index (χ0v) is 15.4. The molecular formula is C20H22FN3O4. The zero-order chi connectivity index (χ0) is 20.3. The van der Waals surface area contributed by atoms with E-state index >= 15 is 0 Å². The molecule has 7 nitrogen and oxygen atoms in total. The number of aryl methyl sites for hydroxylation is 1. The first-order chi connectivity index (χ1) is 13.3. The van der Waals surface area contributed by atoms with Crippen LogP contribution in [0.15, 0.2) is 41.3 Å². The standard InChI is InChI=1S/C20H22FN3O4/c1-12-4-3-9-24(18(12)25)11-15-16(21)5-2-6-17(15)23-20(28)22-14-8-7-13(10-14)19(26)27/h2-6,9,13-14H,7-8,10-11H2,1H3,(H,26,27)(H2,22,23,28)/t13-,14+/m0/s1. The van der Waals surface area contributed by atoms with Gasteiger partial charge in [-0.15, -0.1) is 0 Å². The second kappa shape index (κ2) is 8.24. The number of pyridine rings is 1. The third-order valence-electron chi connectivity index (χ3n) is 5.02. The number of benzene rings is 1. The number of nitrogens with one attached hydrogen (secondary N) is 2. The minimum absolute atomic E-state index is 0.0205. The van der Waals surface area contributed by atoms with E-state index in [0.717, 1.165) is 0 Å². The first kappa shape index (κ1) is 19.6. The summed E-state index contributed by atoms with van der Waals surface area (Å²) in [5, 5.41) is 14.4. The number of carbonyl (C=O) groups excluding carboxylic acids is 1. The molecule has 0 spiro atoms. The number of anilines is 1. The summed E-state index contributed by atoms with van der Waals surface area (Å²) in [4.78, 5) is 35.6. The van der Waals surface area contributed by atoms with Crippen molar-refractivity contribution in [1.29, 1.82) is 0 Å². The molecule has 28 heavy (non-hydrogen) atoms. The molecule has 1 aromatic heterocycles. The van der Waals surface area contributed by atoms with Crippen LogP contribution in [0.4, 0.5) is 14.9 Å². The lowest BCUT2D eigenvalue weighted by Gasteiger charge is -2.16. The van der Waals surface area contributed by atoms with E-state index in [0.29, 0.717) is 24.8 Å². The zero-order valence-electron chi connectivity index (χ0n) is 15.4. The fraction of sp³-hybridized carbons (Fsp3) is 0.350. The van der Waals surface area contributed by atoms with Crippen molar-refractivity contribution >= 4 is 17.7 Å². The van der Waals surface area contributed by atoms with Crippen molar-refractivity contribution in [3.63, 3.8) is 0 Å². The summed E-state index contributed by atoms with van der Waals surface area (Å²) < 4.78 is 15.8. The molecule has 3 rings (SSSR count). The third kappa shape index (κ3) is 4.39. The molecule has 148 valence electrons. The number of hydrogen-bond acceptors (Lipinski definition) is 3. The first-order valence-electron chi connectivity index (χ1n) is 9.09. The van der Waals surface area contributed by atoms with Gasteiger partial charge in [0.25, 0.3) is 5.56 Å². The highest BCUT2D eigenvalue weighted by molar-refractivity contribution is 5.90. The summed E-state index contributed by atoms with van der Waals surface area (Å²) in [7, 11) is 0. The van der Waals surface area contributed by atoms with E-state index in [9.17, 15) is 18.8 Å². The number of amides is 2. The fourth-order valence-electron chi connectivity index (χ4n) is 3.47. The molecule has 0 bridgehead atoms. The average molecular weight is 387 g/mol. The Morgan fingerprint density at radius 2 is 2.04 bits per heavy atom. The van der Waals surface area contributed by atoms with E-state index in [1.807, 2.05) is 0 Å². The molecule has 1 aliphatic rings. The maximum atomic E-state index is 14.4. The number of carboxylic acids is 1. The van der Waals surface area contributed by atoms with Crippen LogP contribution in [0, 0.1) is 18.7 Å². The topological polar surface area (TPSA) is 100 Å². The second-order valence-corrected chi connectivity index (χ2v) is 7.03. The Kier molecular flexibility index (Phi) is 5.77. The summed E-state index contributed by atoms with van der Waals surface area (Å²) in [6.45, 7) is 1.66. The van der Waals surface area contributed by atoms with E-state index in [4.69, 9.17) is 5.11 Å². The molecule has 2 aromatic rings. The largest absolute Gasteiger partial charge is 0.481 e. The molecule has 8 heteroatoms. The summed E-state index contributed by atoms with van der Waals surface area (Å²) in [5.41, 5.74) is 0.769. The van der Waals surface area contributed by atoms with Gasteiger partial charge in [-0.25, -0.2) is 9.18 Å². The van der Waals surface area contributed by atoms with Crippen molar-refractivity contribution < 1.29 is 19.1 Å². The molecular weight excluding hydrogens is 365 g/mol. The Labute approximate surface area is 161 Å². The van der Waals surface area contributed by atoms with Gasteiger partial charge in [0.05, 0.1) is 18.2 Å². The quantitative estimate of drug-likeness (QED) is 0.734. The number of halogens is 1. The van der Waals surface area contributed by atoms with Gasteiger partial charge in [0, 0.05) is 23.4 Å². The lowest BCUT2D eigenvalue weighted by molar-refractivity contribution is -0.141. The predicted octanol–water partition coefficient (Wildman–Crippen LogP) is 2.72. The molecule has 1 heterocycles. The van der Waals surface area contributed by atoms with Crippen LogP contribution in [0.2, 0.25) is 0 Å². The van der Waals surface area contributed by atoms with Crippen molar-refractivity contribution in [2.24, 2.45) is 5.92 Å². The Hall–Kier alpha value is -3.16. The fourth-order valence-corrected chi connectivity index (χ4v) is 3.47. The lowest BCUT2D eigenvalue weighted by Crippen LogP contribution is -2.37. The van der Waals surface area contributed by atoms with Crippen molar-refractivity contribution in [2.75, 3.05) is 5.32 Å². The normalized spacial score (nSPS) is 18.6. The number of urea groups is 1. The molecule has 0 saturated heterocycles. The van der Waals surface area contributed by atoms with Gasteiger partial charge in [-0.2, -0.15) is 0 Å². The van der Waals surface area contributed by atoms with E-state index in [1.54, 1.807) is 31.3 Å². The third-order valence-corrected chi connectivity index (χ3v) is 5.02. The van der Waals surface area contributed by atoms with Crippen LogP contribution < -0.4 is 16.2 Å². The Bertz CT molecular complexity index is 957. The predicted molar refractivity (Wildman–Crippen MR) is 102 cm³/mol. The minimum Gasteiger partial charge on any atom is -0.481 e. The van der Waals surface area contributed by atoms with E-state index in [1.165, 1.54) is 16.7 Å². The molecule has 0 unspecified atom stereocenters. The Morgan fingerprint density at radius 1 is 1.25 bits per heavy atom. The maximum Gasteiger partial charge on any atom is 0.319 e. The van der Waals surface area contributed by atoms with Gasteiger partial charge < -0.3 is 20.3 Å². The van der Waals surface area contributed by atoms with Gasteiger partial charge in [0.15, 0.2) is 0 Å². The molecule has 0 radical (unpaired) electrons. The number of nitrogens with zero attached hydrogens (tertiary/aromatic N) is 1. The molecule has 0 aliphatic heterocycles. The maximum absolute atomic E-state index is 14.4.